The fourth-order valence-corrected chi connectivity index (χ4v) is 4.15. The lowest BCUT2D eigenvalue weighted by Crippen LogP contribution is -2.43. The zero-order chi connectivity index (χ0) is 19.2. The van der Waals surface area contributed by atoms with Crippen LogP contribution >= 0.6 is 23.1 Å². The van der Waals surface area contributed by atoms with Crippen LogP contribution in [-0.2, 0) is 17.1 Å². The number of nitrogens with zero attached hydrogens (tertiary/aromatic N) is 2. The van der Waals surface area contributed by atoms with Gasteiger partial charge in [-0.2, -0.15) is 5.10 Å². The second-order valence-electron chi connectivity index (χ2n) is 5.59. The first-order valence-corrected chi connectivity index (χ1v) is 10.3. The molecule has 0 unspecified atom stereocenters. The Hall–Kier alpha value is -2.65. The molecule has 0 bridgehead atoms. The minimum Gasteiger partial charge on any atom is -0.272 e. The number of aryl methyl sites for hydroxylation is 1. The van der Waals surface area contributed by atoms with Crippen molar-refractivity contribution in [3.63, 3.8) is 0 Å². The highest BCUT2D eigenvalue weighted by molar-refractivity contribution is 7.99. The fraction of sp³-hybridized carbons (Fsp3) is 0.222. The highest BCUT2D eigenvalue weighted by Gasteiger charge is 2.16. The molecule has 0 spiro atoms. The number of carbonyl (C=O) groups excluding carboxylic acids is 2. The standard InChI is InChI=1S/C18H18N4O3S2/c1-2-22-18(25)14-8-4-3-7-13(14)16(21-22)17(24)20-19-15(23)11-26-10-12-6-5-9-27-12/h3-9H,2,10-11H2,1H3,(H,19,23)(H,20,24). The number of amides is 2. The second-order valence-corrected chi connectivity index (χ2v) is 7.61. The van der Waals surface area contributed by atoms with Gasteiger partial charge in [0.05, 0.1) is 11.1 Å². The monoisotopic (exact) mass is 402 g/mol. The van der Waals surface area contributed by atoms with E-state index < -0.39 is 5.91 Å². The number of thiophene rings is 1. The van der Waals surface area contributed by atoms with Crippen LogP contribution in [0.2, 0.25) is 0 Å². The SMILES string of the molecule is CCn1nc(C(=O)NNC(=O)CSCc2cccs2)c2ccccc2c1=O. The van der Waals surface area contributed by atoms with Crippen molar-refractivity contribution in [1.82, 2.24) is 20.6 Å². The zero-order valence-electron chi connectivity index (χ0n) is 14.6. The van der Waals surface area contributed by atoms with Gasteiger partial charge >= 0.3 is 0 Å². The zero-order valence-corrected chi connectivity index (χ0v) is 16.2. The molecule has 0 aliphatic rings. The van der Waals surface area contributed by atoms with E-state index in [4.69, 9.17) is 0 Å². The minimum absolute atomic E-state index is 0.0959. The Morgan fingerprint density at radius 3 is 2.63 bits per heavy atom. The van der Waals surface area contributed by atoms with Crippen molar-refractivity contribution < 1.29 is 9.59 Å². The van der Waals surface area contributed by atoms with Crippen LogP contribution in [0.4, 0.5) is 0 Å². The Morgan fingerprint density at radius 2 is 1.93 bits per heavy atom. The molecule has 0 aliphatic carbocycles. The first kappa shape index (κ1) is 19.1. The third-order valence-electron chi connectivity index (χ3n) is 3.76. The Bertz CT molecular complexity index is 1020. The van der Waals surface area contributed by atoms with E-state index in [1.54, 1.807) is 42.5 Å². The number of thioether (sulfide) groups is 1. The first-order chi connectivity index (χ1) is 13.1. The lowest BCUT2D eigenvalue weighted by molar-refractivity contribution is -0.119. The van der Waals surface area contributed by atoms with Crippen molar-refractivity contribution >= 4 is 45.7 Å². The van der Waals surface area contributed by atoms with E-state index in [0.717, 1.165) is 5.75 Å². The van der Waals surface area contributed by atoms with Crippen molar-refractivity contribution in [2.45, 2.75) is 19.2 Å². The molecule has 0 aliphatic heterocycles. The van der Waals surface area contributed by atoms with E-state index >= 15 is 0 Å². The van der Waals surface area contributed by atoms with Crippen molar-refractivity contribution in [2.24, 2.45) is 0 Å². The van der Waals surface area contributed by atoms with Gasteiger partial charge in [0.2, 0.25) is 5.91 Å². The number of carbonyl (C=O) groups is 2. The molecule has 3 rings (SSSR count). The summed E-state index contributed by atoms with van der Waals surface area (Å²) in [5.41, 5.74) is 4.62. The topological polar surface area (TPSA) is 93.1 Å². The van der Waals surface area contributed by atoms with Crippen LogP contribution in [0.3, 0.4) is 0 Å². The fourth-order valence-electron chi connectivity index (χ4n) is 2.48. The lowest BCUT2D eigenvalue weighted by atomic mass is 10.1. The maximum Gasteiger partial charge on any atom is 0.290 e. The number of aromatic nitrogens is 2. The highest BCUT2D eigenvalue weighted by atomic mass is 32.2. The van der Waals surface area contributed by atoms with E-state index in [9.17, 15) is 14.4 Å². The molecule has 2 N–H and O–H groups in total. The van der Waals surface area contributed by atoms with E-state index in [0.29, 0.717) is 17.3 Å². The van der Waals surface area contributed by atoms with Crippen LogP contribution in [0.25, 0.3) is 10.8 Å². The maximum absolute atomic E-state index is 12.5. The molecule has 9 heteroatoms. The van der Waals surface area contributed by atoms with Crippen molar-refractivity contribution in [2.75, 3.05) is 5.75 Å². The number of benzene rings is 1. The molecule has 2 amide bonds. The van der Waals surface area contributed by atoms with Gasteiger partial charge in [-0.05, 0) is 24.4 Å². The highest BCUT2D eigenvalue weighted by Crippen LogP contribution is 2.16. The molecule has 140 valence electrons. The van der Waals surface area contributed by atoms with Crippen LogP contribution in [0.1, 0.15) is 22.3 Å². The lowest BCUT2D eigenvalue weighted by Gasteiger charge is -2.10. The second kappa shape index (κ2) is 8.83. The van der Waals surface area contributed by atoms with E-state index in [-0.39, 0.29) is 22.9 Å². The van der Waals surface area contributed by atoms with Crippen molar-refractivity contribution in [3.8, 4) is 0 Å². The summed E-state index contributed by atoms with van der Waals surface area (Å²) in [7, 11) is 0. The molecule has 0 radical (unpaired) electrons. The molecule has 2 aromatic heterocycles. The average molecular weight is 403 g/mol. The predicted molar refractivity (Wildman–Crippen MR) is 108 cm³/mol. The van der Waals surface area contributed by atoms with Crippen LogP contribution in [0.15, 0.2) is 46.6 Å². The number of hydrogen-bond donors (Lipinski definition) is 2. The van der Waals surface area contributed by atoms with E-state index in [1.165, 1.54) is 21.3 Å². The Balaban J connectivity index is 1.65. The summed E-state index contributed by atoms with van der Waals surface area (Å²) in [5.74, 6) is 0.0936. The first-order valence-electron chi connectivity index (χ1n) is 8.29. The van der Waals surface area contributed by atoms with E-state index in [1.807, 2.05) is 17.5 Å². The van der Waals surface area contributed by atoms with Gasteiger partial charge in [-0.15, -0.1) is 23.1 Å². The smallest absolute Gasteiger partial charge is 0.272 e. The van der Waals surface area contributed by atoms with Gasteiger partial charge in [0.1, 0.15) is 0 Å². The Morgan fingerprint density at radius 1 is 1.15 bits per heavy atom. The Labute approximate surface area is 163 Å². The summed E-state index contributed by atoms with van der Waals surface area (Å²) in [4.78, 5) is 37.9. The molecule has 0 atom stereocenters. The molecule has 3 aromatic rings. The van der Waals surface area contributed by atoms with Crippen molar-refractivity contribution in [3.05, 3.63) is 62.7 Å². The molecule has 27 heavy (non-hydrogen) atoms. The minimum atomic E-state index is -0.565. The number of rotatable bonds is 6. The summed E-state index contributed by atoms with van der Waals surface area (Å²) in [6.07, 6.45) is 0. The summed E-state index contributed by atoms with van der Waals surface area (Å²) >= 11 is 3.10. The molecule has 0 fully saturated rings. The average Bonchev–Trinajstić information content (AvgIpc) is 3.20. The van der Waals surface area contributed by atoms with Crippen molar-refractivity contribution in [1.29, 1.82) is 0 Å². The van der Waals surface area contributed by atoms with Gasteiger partial charge in [0.15, 0.2) is 5.69 Å². The Kier molecular flexibility index (Phi) is 6.25. The van der Waals surface area contributed by atoms with E-state index in [2.05, 4.69) is 16.0 Å². The quantitative estimate of drug-likeness (QED) is 0.617. The summed E-state index contributed by atoms with van der Waals surface area (Å²) < 4.78 is 1.23. The summed E-state index contributed by atoms with van der Waals surface area (Å²) in [5, 5.41) is 6.98. The number of nitrogens with one attached hydrogen (secondary N) is 2. The van der Waals surface area contributed by atoms with Crippen LogP contribution in [-0.4, -0.2) is 27.3 Å². The summed E-state index contributed by atoms with van der Waals surface area (Å²) in [6, 6.07) is 10.8. The number of hydrogen-bond acceptors (Lipinski definition) is 6. The van der Waals surface area contributed by atoms with Gasteiger partial charge in [-0.25, -0.2) is 4.68 Å². The molecular weight excluding hydrogens is 384 g/mol. The third kappa shape index (κ3) is 4.55. The maximum atomic E-state index is 12.5. The molecule has 1 aromatic carbocycles. The molecule has 2 heterocycles. The van der Waals surface area contributed by atoms with Gasteiger partial charge in [-0.3, -0.25) is 25.2 Å². The molecule has 7 nitrogen and oxygen atoms in total. The molecule has 0 saturated heterocycles. The normalized spacial score (nSPS) is 10.7. The molecular formula is C18H18N4O3S2. The van der Waals surface area contributed by atoms with Gasteiger partial charge in [0.25, 0.3) is 11.5 Å². The van der Waals surface area contributed by atoms with Gasteiger partial charge in [0, 0.05) is 22.6 Å². The largest absolute Gasteiger partial charge is 0.290 e. The van der Waals surface area contributed by atoms with Gasteiger partial charge in [-0.1, -0.05) is 24.3 Å². The summed E-state index contributed by atoms with van der Waals surface area (Å²) in [6.45, 7) is 2.12. The molecule has 0 saturated carbocycles. The predicted octanol–water partition coefficient (Wildman–Crippen LogP) is 2.17. The number of hydrazine groups is 1. The van der Waals surface area contributed by atoms with Crippen LogP contribution in [0.5, 0.6) is 0 Å². The number of fused-ring (bicyclic) bond motifs is 1. The van der Waals surface area contributed by atoms with Crippen LogP contribution in [0, 0.1) is 0 Å². The third-order valence-corrected chi connectivity index (χ3v) is 5.80. The van der Waals surface area contributed by atoms with Crippen LogP contribution < -0.4 is 16.4 Å². The van der Waals surface area contributed by atoms with Gasteiger partial charge < -0.3 is 0 Å².